The average Bonchev–Trinajstić information content (AvgIpc) is 2.66. The lowest BCUT2D eigenvalue weighted by Crippen LogP contribution is -2.36. The number of nitrogens with two attached hydrogens (primary N) is 1. The van der Waals surface area contributed by atoms with Gasteiger partial charge in [0.25, 0.3) is 0 Å². The second kappa shape index (κ2) is 9.24. The summed E-state index contributed by atoms with van der Waals surface area (Å²) in [6, 6.07) is 2.27. The van der Waals surface area contributed by atoms with Crippen molar-refractivity contribution >= 4 is 17.3 Å². The quantitative estimate of drug-likeness (QED) is 0.728. The molecule has 0 spiro atoms. The van der Waals surface area contributed by atoms with Gasteiger partial charge in [0.15, 0.2) is 0 Å². The molecule has 1 aliphatic rings. The highest BCUT2D eigenvalue weighted by Crippen LogP contribution is 2.22. The molecule has 2 aromatic heterocycles. The predicted molar refractivity (Wildman–Crippen MR) is 108 cm³/mol. The van der Waals surface area contributed by atoms with Gasteiger partial charge in [-0.05, 0) is 46.0 Å². The Morgan fingerprint density at radius 2 is 1.92 bits per heavy atom. The van der Waals surface area contributed by atoms with Gasteiger partial charge in [0, 0.05) is 29.1 Å². The first kappa shape index (κ1) is 19.8. The Morgan fingerprint density at radius 1 is 1.23 bits per heavy atom. The van der Waals surface area contributed by atoms with E-state index in [1.165, 1.54) is 0 Å². The lowest BCUT2D eigenvalue weighted by molar-refractivity contribution is 0.263. The van der Waals surface area contributed by atoms with Gasteiger partial charge in [0.1, 0.15) is 11.6 Å². The summed E-state index contributed by atoms with van der Waals surface area (Å²) in [6.45, 7) is 7.88. The summed E-state index contributed by atoms with van der Waals surface area (Å²) in [7, 11) is 2.15. The van der Waals surface area contributed by atoms with Crippen LogP contribution in [0.4, 0.5) is 11.6 Å². The molecule has 0 amide bonds. The number of aromatic nitrogens is 3. The molecule has 140 valence electrons. The second-order valence-electron chi connectivity index (χ2n) is 6.29. The van der Waals surface area contributed by atoms with Crippen molar-refractivity contribution in [2.24, 2.45) is 0 Å². The Morgan fingerprint density at radius 3 is 2.58 bits per heavy atom. The fourth-order valence-electron chi connectivity index (χ4n) is 2.85. The van der Waals surface area contributed by atoms with Crippen LogP contribution < -0.4 is 11.1 Å². The standard InChI is InChI=1S/C17H23N7.C2H6/c1-11(18)14-7-12(8-21-17(14)19)15-9-20-10-16(23-15)22-13-3-5-24(2)6-4-13;1-2/h7-10,13,18H,3-6H2,1-2H3,(H2,19,21)(H,22,23);1-2H3. The van der Waals surface area contributed by atoms with Crippen molar-refractivity contribution < 1.29 is 0 Å². The highest BCUT2D eigenvalue weighted by atomic mass is 15.1. The zero-order valence-corrected chi connectivity index (χ0v) is 16.1. The van der Waals surface area contributed by atoms with Crippen LogP contribution in [0, 0.1) is 5.41 Å². The molecule has 0 atom stereocenters. The number of nitrogen functional groups attached to an aromatic ring is 1. The van der Waals surface area contributed by atoms with Crippen molar-refractivity contribution in [3.8, 4) is 11.3 Å². The number of likely N-dealkylation sites (tertiary alicyclic amines) is 1. The van der Waals surface area contributed by atoms with Crippen LogP contribution in [0.1, 0.15) is 39.2 Å². The lowest BCUT2D eigenvalue weighted by atomic mass is 10.1. The van der Waals surface area contributed by atoms with E-state index in [9.17, 15) is 0 Å². The molecule has 7 nitrogen and oxygen atoms in total. The fourth-order valence-corrected chi connectivity index (χ4v) is 2.85. The van der Waals surface area contributed by atoms with Crippen molar-refractivity contribution in [3.05, 3.63) is 30.2 Å². The molecule has 0 saturated carbocycles. The summed E-state index contributed by atoms with van der Waals surface area (Å²) in [5.74, 6) is 1.13. The van der Waals surface area contributed by atoms with Crippen LogP contribution in [0.5, 0.6) is 0 Å². The van der Waals surface area contributed by atoms with Gasteiger partial charge in [-0.2, -0.15) is 0 Å². The Kier molecular flexibility index (Phi) is 7.03. The number of rotatable bonds is 4. The van der Waals surface area contributed by atoms with Gasteiger partial charge in [-0.1, -0.05) is 13.8 Å². The van der Waals surface area contributed by atoms with E-state index in [1.807, 2.05) is 19.9 Å². The number of nitrogens with one attached hydrogen (secondary N) is 2. The molecule has 0 unspecified atom stereocenters. The van der Waals surface area contributed by atoms with E-state index in [-0.39, 0.29) is 0 Å². The molecule has 3 rings (SSSR count). The number of piperidine rings is 1. The van der Waals surface area contributed by atoms with E-state index >= 15 is 0 Å². The van der Waals surface area contributed by atoms with Crippen LogP contribution in [0.15, 0.2) is 24.7 Å². The molecule has 0 bridgehead atoms. The summed E-state index contributed by atoms with van der Waals surface area (Å²) < 4.78 is 0. The maximum atomic E-state index is 7.79. The average molecular weight is 355 g/mol. The first-order chi connectivity index (χ1) is 12.5. The zero-order chi connectivity index (χ0) is 19.1. The lowest BCUT2D eigenvalue weighted by Gasteiger charge is -2.29. The van der Waals surface area contributed by atoms with Gasteiger partial charge < -0.3 is 21.4 Å². The molecular weight excluding hydrogens is 326 g/mol. The molecule has 26 heavy (non-hydrogen) atoms. The SMILES string of the molecule is CC.CC(=N)c1cc(-c2cncc(NC3CCN(C)CC3)n2)cnc1N. The first-order valence-electron chi connectivity index (χ1n) is 9.11. The molecule has 1 saturated heterocycles. The molecule has 3 heterocycles. The fraction of sp³-hybridized carbons (Fsp3) is 0.474. The molecule has 4 N–H and O–H groups in total. The Hall–Kier alpha value is -2.54. The smallest absolute Gasteiger partial charge is 0.145 e. The number of pyridine rings is 1. The maximum Gasteiger partial charge on any atom is 0.145 e. The summed E-state index contributed by atoms with van der Waals surface area (Å²) in [5, 5.41) is 11.3. The van der Waals surface area contributed by atoms with E-state index in [1.54, 1.807) is 25.5 Å². The molecule has 2 aromatic rings. The van der Waals surface area contributed by atoms with Crippen molar-refractivity contribution in [1.82, 2.24) is 19.9 Å². The highest BCUT2D eigenvalue weighted by molar-refractivity contribution is 6.01. The first-order valence-corrected chi connectivity index (χ1v) is 9.11. The third-order valence-corrected chi connectivity index (χ3v) is 4.32. The van der Waals surface area contributed by atoms with Crippen molar-refractivity contribution in [2.45, 2.75) is 39.7 Å². The normalized spacial score (nSPS) is 15.1. The molecule has 0 aliphatic carbocycles. The third kappa shape index (κ3) is 4.98. The van der Waals surface area contributed by atoms with Crippen LogP contribution in [-0.2, 0) is 0 Å². The molecule has 1 aliphatic heterocycles. The van der Waals surface area contributed by atoms with E-state index in [2.05, 4.69) is 32.2 Å². The number of hydrogen-bond acceptors (Lipinski definition) is 7. The monoisotopic (exact) mass is 355 g/mol. The van der Waals surface area contributed by atoms with Crippen molar-refractivity contribution in [2.75, 3.05) is 31.2 Å². The zero-order valence-electron chi connectivity index (χ0n) is 16.1. The van der Waals surface area contributed by atoms with Gasteiger partial charge in [0.05, 0.1) is 18.1 Å². The number of nitrogens with zero attached hydrogens (tertiary/aromatic N) is 4. The topological polar surface area (TPSA) is 104 Å². The molecule has 0 radical (unpaired) electrons. The summed E-state index contributed by atoms with van der Waals surface area (Å²) >= 11 is 0. The van der Waals surface area contributed by atoms with Gasteiger partial charge in [-0.3, -0.25) is 4.98 Å². The minimum absolute atomic E-state index is 0.361. The van der Waals surface area contributed by atoms with Crippen LogP contribution in [0.25, 0.3) is 11.3 Å². The van der Waals surface area contributed by atoms with Crippen LogP contribution >= 0.6 is 0 Å². The van der Waals surface area contributed by atoms with Gasteiger partial charge in [0.2, 0.25) is 0 Å². The maximum absolute atomic E-state index is 7.79. The molecular formula is C19H29N7. The van der Waals surface area contributed by atoms with E-state index in [4.69, 9.17) is 11.1 Å². The third-order valence-electron chi connectivity index (χ3n) is 4.32. The number of anilines is 2. The predicted octanol–water partition coefficient (Wildman–Crippen LogP) is 3.04. The van der Waals surface area contributed by atoms with Gasteiger partial charge in [-0.15, -0.1) is 0 Å². The number of hydrogen-bond donors (Lipinski definition) is 3. The highest BCUT2D eigenvalue weighted by Gasteiger charge is 2.17. The van der Waals surface area contributed by atoms with Crippen molar-refractivity contribution in [3.63, 3.8) is 0 Å². The molecule has 0 aromatic carbocycles. The second-order valence-corrected chi connectivity index (χ2v) is 6.29. The van der Waals surface area contributed by atoms with E-state index in [0.717, 1.165) is 43.0 Å². The van der Waals surface area contributed by atoms with E-state index < -0.39 is 0 Å². The van der Waals surface area contributed by atoms with Gasteiger partial charge >= 0.3 is 0 Å². The van der Waals surface area contributed by atoms with Gasteiger partial charge in [-0.25, -0.2) is 9.97 Å². The summed E-state index contributed by atoms with van der Waals surface area (Å²) in [4.78, 5) is 15.4. The Balaban J connectivity index is 0.00000117. The summed E-state index contributed by atoms with van der Waals surface area (Å²) in [5.41, 5.74) is 8.38. The molecule has 7 heteroatoms. The Bertz CT molecular complexity index is 736. The van der Waals surface area contributed by atoms with Crippen LogP contribution in [-0.4, -0.2) is 51.7 Å². The molecule has 1 fully saturated rings. The minimum atomic E-state index is 0.361. The van der Waals surface area contributed by atoms with Crippen molar-refractivity contribution in [1.29, 1.82) is 5.41 Å². The Labute approximate surface area is 155 Å². The van der Waals surface area contributed by atoms with Crippen LogP contribution in [0.2, 0.25) is 0 Å². The van der Waals surface area contributed by atoms with E-state index in [0.29, 0.717) is 23.1 Å². The van der Waals surface area contributed by atoms with Crippen LogP contribution in [0.3, 0.4) is 0 Å². The summed E-state index contributed by atoms with van der Waals surface area (Å²) in [6.07, 6.45) is 7.32. The minimum Gasteiger partial charge on any atom is -0.383 e. The largest absolute Gasteiger partial charge is 0.383 e.